The van der Waals surface area contributed by atoms with E-state index in [1.165, 1.54) is 0 Å². The maximum Gasteiger partial charge on any atom is 0.145 e. The van der Waals surface area contributed by atoms with Gasteiger partial charge in [-0.05, 0) is 30.7 Å². The van der Waals surface area contributed by atoms with Crippen molar-refractivity contribution >= 4 is 32.5 Å². The third-order valence-corrected chi connectivity index (χ3v) is 3.81. The number of rotatable bonds is 5. The first-order valence-corrected chi connectivity index (χ1v) is 6.90. The summed E-state index contributed by atoms with van der Waals surface area (Å²) in [6.07, 6.45) is 1.33. The van der Waals surface area contributed by atoms with E-state index >= 15 is 0 Å². The number of halogens is 1. The van der Waals surface area contributed by atoms with Crippen LogP contribution < -0.4 is 0 Å². The summed E-state index contributed by atoms with van der Waals surface area (Å²) >= 11 is 3.30. The third kappa shape index (κ3) is 4.26. The molecule has 1 rings (SSSR count). The van der Waals surface area contributed by atoms with E-state index in [4.69, 9.17) is 0 Å². The number of hydrogen-bond acceptors (Lipinski definition) is 2. The molecule has 2 nitrogen and oxygen atoms in total. The molecule has 1 aromatic rings. The van der Waals surface area contributed by atoms with Crippen LogP contribution in [-0.4, -0.2) is 15.7 Å². The van der Waals surface area contributed by atoms with Crippen LogP contribution in [0.3, 0.4) is 0 Å². The highest BCUT2D eigenvalue weighted by atomic mass is 79.9. The number of hydrogen-bond donors (Lipinski definition) is 0. The molecule has 82 valence electrons. The highest BCUT2D eigenvalue weighted by Gasteiger charge is 2.08. The second kappa shape index (κ2) is 6.18. The van der Waals surface area contributed by atoms with Gasteiger partial charge in [-0.25, -0.2) is 0 Å². The summed E-state index contributed by atoms with van der Waals surface area (Å²) in [6, 6.07) is 7.22. The van der Waals surface area contributed by atoms with E-state index in [0.29, 0.717) is 11.3 Å². The van der Waals surface area contributed by atoms with Gasteiger partial charge in [0.25, 0.3) is 0 Å². The first kappa shape index (κ1) is 12.6. The molecule has 15 heavy (non-hydrogen) atoms. The predicted molar refractivity (Wildman–Crippen MR) is 65.3 cm³/mol. The number of ketones is 1. The summed E-state index contributed by atoms with van der Waals surface area (Å²) in [6.45, 7) is 1.94. The quantitative estimate of drug-likeness (QED) is 0.835. The molecule has 0 spiro atoms. The van der Waals surface area contributed by atoms with Crippen molar-refractivity contribution in [3.63, 3.8) is 0 Å². The molecule has 0 saturated heterocycles. The summed E-state index contributed by atoms with van der Waals surface area (Å²) in [5.41, 5.74) is 0. The zero-order valence-electron chi connectivity index (χ0n) is 8.53. The molecular weight excluding hydrogens is 276 g/mol. The molecular formula is C11H13BrO2S. The van der Waals surface area contributed by atoms with E-state index in [9.17, 15) is 9.00 Å². The maximum absolute atomic E-state index is 11.7. The van der Waals surface area contributed by atoms with E-state index in [-0.39, 0.29) is 11.5 Å². The summed E-state index contributed by atoms with van der Waals surface area (Å²) in [4.78, 5) is 12.0. The smallest absolute Gasteiger partial charge is 0.145 e. The molecule has 1 unspecified atom stereocenters. The summed E-state index contributed by atoms with van der Waals surface area (Å²) in [5, 5.41) is 0. The monoisotopic (exact) mass is 288 g/mol. The van der Waals surface area contributed by atoms with Crippen molar-refractivity contribution in [1.82, 2.24) is 0 Å². The SMILES string of the molecule is CCCC(=O)CS(=O)c1ccc(Br)cc1. The topological polar surface area (TPSA) is 34.1 Å². The molecule has 0 radical (unpaired) electrons. The van der Waals surface area contributed by atoms with Gasteiger partial charge in [-0.2, -0.15) is 0 Å². The lowest BCUT2D eigenvalue weighted by Crippen LogP contribution is -2.09. The lowest BCUT2D eigenvalue weighted by molar-refractivity contribution is -0.116. The minimum atomic E-state index is -1.19. The molecule has 4 heteroatoms. The van der Waals surface area contributed by atoms with Crippen molar-refractivity contribution in [3.05, 3.63) is 28.7 Å². The van der Waals surface area contributed by atoms with Gasteiger partial charge < -0.3 is 0 Å². The van der Waals surface area contributed by atoms with Crippen LogP contribution in [-0.2, 0) is 15.6 Å². The van der Waals surface area contributed by atoms with Gasteiger partial charge in [0.15, 0.2) is 0 Å². The lowest BCUT2D eigenvalue weighted by atomic mass is 10.3. The van der Waals surface area contributed by atoms with Gasteiger partial charge in [-0.1, -0.05) is 22.9 Å². The standard InChI is InChI=1S/C11H13BrO2S/c1-2-3-10(13)8-15(14)11-6-4-9(12)5-7-11/h4-7H,2-3,8H2,1H3. The Morgan fingerprint density at radius 2 is 1.93 bits per heavy atom. The van der Waals surface area contributed by atoms with Crippen LogP contribution in [0, 0.1) is 0 Å². The fourth-order valence-corrected chi connectivity index (χ4v) is 2.47. The molecule has 0 heterocycles. The van der Waals surface area contributed by atoms with Gasteiger partial charge in [-0.15, -0.1) is 0 Å². The Morgan fingerprint density at radius 1 is 1.33 bits per heavy atom. The summed E-state index contributed by atoms with van der Waals surface area (Å²) in [5.74, 6) is 0.203. The zero-order valence-corrected chi connectivity index (χ0v) is 10.9. The molecule has 1 atom stereocenters. The maximum atomic E-state index is 11.7. The highest BCUT2D eigenvalue weighted by Crippen LogP contribution is 2.13. The van der Waals surface area contributed by atoms with Gasteiger partial charge in [0.1, 0.15) is 5.78 Å². The Labute approximate surface area is 101 Å². The Kier molecular flexibility index (Phi) is 5.19. The Bertz CT molecular complexity index is 359. The minimum Gasteiger partial charge on any atom is -0.299 e. The fourth-order valence-electron chi connectivity index (χ4n) is 1.17. The third-order valence-electron chi connectivity index (χ3n) is 1.90. The van der Waals surface area contributed by atoms with Gasteiger partial charge in [-0.3, -0.25) is 9.00 Å². The normalized spacial score (nSPS) is 12.4. The number of carbonyl (C=O) groups excluding carboxylic acids is 1. The van der Waals surface area contributed by atoms with Crippen LogP contribution in [0.4, 0.5) is 0 Å². The van der Waals surface area contributed by atoms with Crippen LogP contribution in [0.2, 0.25) is 0 Å². The van der Waals surface area contributed by atoms with Crippen molar-refractivity contribution < 1.29 is 9.00 Å². The summed E-state index contributed by atoms with van der Waals surface area (Å²) < 4.78 is 12.7. The van der Waals surface area contributed by atoms with E-state index in [1.807, 2.05) is 19.1 Å². The predicted octanol–water partition coefficient (Wildman–Crippen LogP) is 2.93. The van der Waals surface area contributed by atoms with Gasteiger partial charge in [0, 0.05) is 15.8 Å². The first-order chi connectivity index (χ1) is 7.13. The summed E-state index contributed by atoms with van der Waals surface area (Å²) in [7, 11) is -1.19. The van der Waals surface area contributed by atoms with Crippen LogP contribution in [0.5, 0.6) is 0 Å². The molecule has 0 bridgehead atoms. The van der Waals surface area contributed by atoms with Crippen LogP contribution in [0.15, 0.2) is 33.6 Å². The number of carbonyl (C=O) groups is 1. The molecule has 0 saturated carbocycles. The first-order valence-electron chi connectivity index (χ1n) is 4.79. The second-order valence-corrected chi connectivity index (χ2v) is 5.60. The van der Waals surface area contributed by atoms with Gasteiger partial charge in [0.2, 0.25) is 0 Å². The molecule has 0 aromatic heterocycles. The second-order valence-electron chi connectivity index (χ2n) is 3.23. The largest absolute Gasteiger partial charge is 0.299 e. The van der Waals surface area contributed by atoms with Crippen molar-refractivity contribution in [2.24, 2.45) is 0 Å². The molecule has 1 aromatic carbocycles. The molecule has 0 aliphatic carbocycles. The van der Waals surface area contributed by atoms with Crippen LogP contribution in [0.1, 0.15) is 19.8 Å². The molecule has 0 fully saturated rings. The van der Waals surface area contributed by atoms with Gasteiger partial charge in [0.05, 0.1) is 16.6 Å². The zero-order chi connectivity index (χ0) is 11.3. The molecule has 0 aliphatic rings. The van der Waals surface area contributed by atoms with E-state index < -0.39 is 10.8 Å². The van der Waals surface area contributed by atoms with E-state index in [0.717, 1.165) is 10.9 Å². The van der Waals surface area contributed by atoms with Crippen molar-refractivity contribution in [3.8, 4) is 0 Å². The average molecular weight is 289 g/mol. The minimum absolute atomic E-state index is 0.0683. The van der Waals surface area contributed by atoms with Crippen molar-refractivity contribution in [2.75, 3.05) is 5.75 Å². The Hall–Kier alpha value is -0.480. The highest BCUT2D eigenvalue weighted by molar-refractivity contribution is 9.10. The lowest BCUT2D eigenvalue weighted by Gasteiger charge is -2.01. The molecule has 0 amide bonds. The van der Waals surface area contributed by atoms with Crippen molar-refractivity contribution in [2.45, 2.75) is 24.7 Å². The molecule has 0 N–H and O–H groups in total. The van der Waals surface area contributed by atoms with Crippen LogP contribution >= 0.6 is 15.9 Å². The van der Waals surface area contributed by atoms with E-state index in [2.05, 4.69) is 15.9 Å². The van der Waals surface area contributed by atoms with Crippen LogP contribution in [0.25, 0.3) is 0 Å². The fraction of sp³-hybridized carbons (Fsp3) is 0.364. The Balaban J connectivity index is 2.61. The number of benzene rings is 1. The molecule has 0 aliphatic heterocycles. The Morgan fingerprint density at radius 3 is 2.47 bits per heavy atom. The van der Waals surface area contributed by atoms with Gasteiger partial charge >= 0.3 is 0 Å². The number of Topliss-reactive ketones (excluding diaryl/α,β-unsaturated/α-hetero) is 1. The van der Waals surface area contributed by atoms with E-state index in [1.54, 1.807) is 12.1 Å². The van der Waals surface area contributed by atoms with Crippen molar-refractivity contribution in [1.29, 1.82) is 0 Å². The average Bonchev–Trinajstić information content (AvgIpc) is 2.18.